The van der Waals surface area contributed by atoms with Crippen LogP contribution in [-0.4, -0.2) is 45.2 Å². The smallest absolute Gasteiger partial charge is 0.414 e. The van der Waals surface area contributed by atoms with Gasteiger partial charge in [0.05, 0.1) is 31.2 Å². The molecule has 1 N–H and O–H groups in total. The summed E-state index contributed by atoms with van der Waals surface area (Å²) in [5.74, 6) is 0. The lowest BCUT2D eigenvalue weighted by Crippen LogP contribution is -2.25. The second-order valence-corrected chi connectivity index (χ2v) is 4.62. The molecule has 1 saturated heterocycles. The van der Waals surface area contributed by atoms with Crippen LogP contribution < -0.4 is 4.90 Å². The van der Waals surface area contributed by atoms with Crippen LogP contribution in [0.2, 0.25) is 5.15 Å². The van der Waals surface area contributed by atoms with E-state index < -0.39 is 12.2 Å². The molecule has 1 aliphatic rings. The monoisotopic (exact) mass is 294 g/mol. The van der Waals surface area contributed by atoms with Crippen LogP contribution in [0.3, 0.4) is 0 Å². The van der Waals surface area contributed by atoms with Gasteiger partial charge in [-0.15, -0.1) is 0 Å². The average Bonchev–Trinajstić information content (AvgIpc) is 3.02. The molecule has 1 amide bonds. The quantitative estimate of drug-likeness (QED) is 0.921. The number of amides is 1. The van der Waals surface area contributed by atoms with Crippen LogP contribution >= 0.6 is 11.6 Å². The van der Waals surface area contributed by atoms with Gasteiger partial charge in [-0.05, 0) is 12.1 Å². The summed E-state index contributed by atoms with van der Waals surface area (Å²) >= 11 is 6.07. The van der Waals surface area contributed by atoms with Gasteiger partial charge in [0, 0.05) is 6.20 Å². The number of carbonyl (C=O) groups is 1. The van der Waals surface area contributed by atoms with Crippen molar-refractivity contribution in [2.75, 3.05) is 18.1 Å². The number of pyridine rings is 1. The number of rotatable bonds is 3. The van der Waals surface area contributed by atoms with Gasteiger partial charge in [-0.2, -0.15) is 5.10 Å². The van der Waals surface area contributed by atoms with E-state index >= 15 is 0 Å². The summed E-state index contributed by atoms with van der Waals surface area (Å²) in [6, 6.07) is 3.59. The predicted molar refractivity (Wildman–Crippen MR) is 71.1 cm³/mol. The minimum absolute atomic E-state index is 0.185. The van der Waals surface area contributed by atoms with Crippen molar-refractivity contribution in [2.24, 2.45) is 0 Å². The minimum Gasteiger partial charge on any atom is -0.441 e. The molecule has 0 spiro atoms. The summed E-state index contributed by atoms with van der Waals surface area (Å²) in [5.41, 5.74) is 1.17. The summed E-state index contributed by atoms with van der Waals surface area (Å²) in [6.45, 7) is 0.0182. The van der Waals surface area contributed by atoms with Crippen molar-refractivity contribution in [2.45, 2.75) is 6.10 Å². The van der Waals surface area contributed by atoms with Crippen molar-refractivity contribution in [1.82, 2.24) is 14.8 Å². The van der Waals surface area contributed by atoms with Gasteiger partial charge in [0.1, 0.15) is 11.8 Å². The van der Waals surface area contributed by atoms with E-state index in [9.17, 15) is 4.79 Å². The first kappa shape index (κ1) is 12.9. The Morgan fingerprint density at radius 1 is 1.55 bits per heavy atom. The first-order chi connectivity index (χ1) is 9.69. The van der Waals surface area contributed by atoms with Crippen molar-refractivity contribution in [3.05, 3.63) is 35.9 Å². The standard InChI is InChI=1S/C12H11ClN4O3/c13-11-10(16-5-9(7-18)20-12(16)19)6-17(15-11)8-2-1-3-14-4-8/h1-4,6,9,18H,5,7H2. The second kappa shape index (κ2) is 5.10. The predicted octanol–water partition coefficient (Wildman–Crippen LogP) is 1.24. The maximum atomic E-state index is 11.7. The fourth-order valence-corrected chi connectivity index (χ4v) is 2.19. The number of aliphatic hydroxyl groups excluding tert-OH is 1. The number of cyclic esters (lactones) is 1. The Hall–Kier alpha value is -2.12. The lowest BCUT2D eigenvalue weighted by atomic mass is 10.3. The third-order valence-corrected chi connectivity index (χ3v) is 3.20. The van der Waals surface area contributed by atoms with Gasteiger partial charge in [0.2, 0.25) is 0 Å². The van der Waals surface area contributed by atoms with E-state index in [1.807, 2.05) is 6.07 Å². The summed E-state index contributed by atoms with van der Waals surface area (Å²) in [4.78, 5) is 17.1. The van der Waals surface area contributed by atoms with Crippen LogP contribution in [0.15, 0.2) is 30.7 Å². The first-order valence-electron chi connectivity index (χ1n) is 5.93. The SMILES string of the molecule is O=C1OC(CO)CN1c1cn(-c2cccnc2)nc1Cl. The minimum atomic E-state index is -0.545. The number of aromatic nitrogens is 3. The van der Waals surface area contributed by atoms with Gasteiger partial charge < -0.3 is 9.84 Å². The number of anilines is 1. The highest BCUT2D eigenvalue weighted by molar-refractivity contribution is 6.32. The number of ether oxygens (including phenoxy) is 1. The molecule has 20 heavy (non-hydrogen) atoms. The average molecular weight is 295 g/mol. The maximum Gasteiger partial charge on any atom is 0.414 e. The molecule has 0 aromatic carbocycles. The number of hydrogen-bond acceptors (Lipinski definition) is 5. The highest BCUT2D eigenvalue weighted by Gasteiger charge is 2.34. The molecular weight excluding hydrogens is 284 g/mol. The van der Waals surface area contributed by atoms with E-state index in [-0.39, 0.29) is 18.3 Å². The molecule has 2 aromatic rings. The van der Waals surface area contributed by atoms with Crippen molar-refractivity contribution >= 4 is 23.4 Å². The van der Waals surface area contributed by atoms with E-state index in [1.165, 1.54) is 9.58 Å². The van der Waals surface area contributed by atoms with E-state index in [2.05, 4.69) is 10.1 Å². The Morgan fingerprint density at radius 2 is 2.40 bits per heavy atom. The summed E-state index contributed by atoms with van der Waals surface area (Å²) < 4.78 is 6.51. The van der Waals surface area contributed by atoms with E-state index in [1.54, 1.807) is 24.7 Å². The van der Waals surface area contributed by atoms with Gasteiger partial charge in [-0.25, -0.2) is 9.48 Å². The number of hydrogen-bond donors (Lipinski definition) is 1. The molecule has 0 aliphatic carbocycles. The topological polar surface area (TPSA) is 80.5 Å². The van der Waals surface area contributed by atoms with Crippen LogP contribution in [0.4, 0.5) is 10.5 Å². The van der Waals surface area contributed by atoms with Gasteiger partial charge in [0.25, 0.3) is 0 Å². The molecule has 1 fully saturated rings. The number of aliphatic hydroxyl groups is 1. The molecule has 3 heterocycles. The Balaban J connectivity index is 1.92. The van der Waals surface area contributed by atoms with Crippen LogP contribution in [0, 0.1) is 0 Å². The largest absolute Gasteiger partial charge is 0.441 e. The Bertz CT molecular complexity index is 631. The maximum absolute atomic E-state index is 11.7. The van der Waals surface area contributed by atoms with Crippen LogP contribution in [0.5, 0.6) is 0 Å². The molecule has 8 heteroatoms. The molecule has 104 valence electrons. The molecule has 3 rings (SSSR count). The molecule has 0 bridgehead atoms. The van der Waals surface area contributed by atoms with Crippen molar-refractivity contribution in [1.29, 1.82) is 0 Å². The van der Waals surface area contributed by atoms with E-state index in [0.717, 1.165) is 5.69 Å². The van der Waals surface area contributed by atoms with Crippen molar-refractivity contribution in [3.8, 4) is 5.69 Å². The van der Waals surface area contributed by atoms with Gasteiger partial charge in [-0.3, -0.25) is 9.88 Å². The second-order valence-electron chi connectivity index (χ2n) is 4.26. The zero-order chi connectivity index (χ0) is 14.1. The molecule has 0 radical (unpaired) electrons. The lowest BCUT2D eigenvalue weighted by molar-refractivity contribution is 0.0963. The number of carbonyl (C=O) groups excluding carboxylic acids is 1. The van der Waals surface area contributed by atoms with Gasteiger partial charge in [0.15, 0.2) is 5.15 Å². The molecule has 1 atom stereocenters. The molecule has 2 aromatic heterocycles. The van der Waals surface area contributed by atoms with Crippen LogP contribution in [0.1, 0.15) is 0 Å². The summed E-state index contributed by atoms with van der Waals surface area (Å²) in [7, 11) is 0. The third kappa shape index (κ3) is 2.21. The summed E-state index contributed by atoms with van der Waals surface area (Å²) in [6.07, 6.45) is 3.82. The zero-order valence-corrected chi connectivity index (χ0v) is 11.1. The molecule has 1 unspecified atom stereocenters. The van der Waals surface area contributed by atoms with Crippen molar-refractivity contribution in [3.63, 3.8) is 0 Å². The van der Waals surface area contributed by atoms with Crippen LogP contribution in [-0.2, 0) is 4.74 Å². The summed E-state index contributed by atoms with van der Waals surface area (Å²) in [5, 5.41) is 13.4. The number of halogens is 1. The van der Waals surface area contributed by atoms with Gasteiger partial charge in [-0.1, -0.05) is 11.6 Å². The highest BCUT2D eigenvalue weighted by atomic mass is 35.5. The van der Waals surface area contributed by atoms with E-state index in [0.29, 0.717) is 5.69 Å². The fraction of sp³-hybridized carbons (Fsp3) is 0.250. The highest BCUT2D eigenvalue weighted by Crippen LogP contribution is 2.29. The molecular formula is C12H11ClN4O3. The first-order valence-corrected chi connectivity index (χ1v) is 6.31. The Labute approximate surface area is 119 Å². The van der Waals surface area contributed by atoms with E-state index in [4.69, 9.17) is 21.4 Å². The fourth-order valence-electron chi connectivity index (χ4n) is 1.96. The molecule has 1 aliphatic heterocycles. The van der Waals surface area contributed by atoms with Crippen molar-refractivity contribution < 1.29 is 14.6 Å². The number of nitrogens with zero attached hydrogens (tertiary/aromatic N) is 4. The van der Waals surface area contributed by atoms with Crippen LogP contribution in [0.25, 0.3) is 5.69 Å². The third-order valence-electron chi connectivity index (χ3n) is 2.93. The Morgan fingerprint density at radius 3 is 3.05 bits per heavy atom. The zero-order valence-electron chi connectivity index (χ0n) is 10.3. The normalized spacial score (nSPS) is 18.4. The lowest BCUT2D eigenvalue weighted by Gasteiger charge is -2.09. The molecule has 7 nitrogen and oxygen atoms in total. The molecule has 0 saturated carbocycles. The Kier molecular flexibility index (Phi) is 3.29. The van der Waals surface area contributed by atoms with Gasteiger partial charge >= 0.3 is 6.09 Å².